The van der Waals surface area contributed by atoms with E-state index in [1.807, 2.05) is 12.1 Å². The maximum Gasteiger partial charge on any atom is 0.251 e. The molecule has 0 saturated carbocycles. The highest BCUT2D eigenvalue weighted by molar-refractivity contribution is 6.04. The van der Waals surface area contributed by atoms with Gasteiger partial charge in [0.15, 0.2) is 0 Å². The molecule has 0 aliphatic carbocycles. The lowest BCUT2D eigenvalue weighted by Crippen LogP contribution is -2.48. The van der Waals surface area contributed by atoms with Crippen LogP contribution in [-0.2, 0) is 4.79 Å². The predicted octanol–water partition coefficient (Wildman–Crippen LogP) is 1.75. The molecule has 0 aromatic heterocycles. The van der Waals surface area contributed by atoms with Crippen molar-refractivity contribution in [1.82, 2.24) is 5.43 Å². The van der Waals surface area contributed by atoms with E-state index in [1.54, 1.807) is 19.9 Å². The van der Waals surface area contributed by atoms with Crippen LogP contribution >= 0.6 is 0 Å². The first-order valence-electron chi connectivity index (χ1n) is 6.58. The van der Waals surface area contributed by atoms with Gasteiger partial charge in [-0.3, -0.25) is 10.2 Å². The molecule has 0 saturated heterocycles. The highest BCUT2D eigenvalue weighted by atomic mass is 19.1. The quantitative estimate of drug-likeness (QED) is 0.887. The molecular weight excluding hydrogens is 285 g/mol. The molecule has 2 N–H and O–H groups in total. The summed E-state index contributed by atoms with van der Waals surface area (Å²) in [5.41, 5.74) is 3.39. The van der Waals surface area contributed by atoms with Crippen LogP contribution in [-0.4, -0.2) is 23.8 Å². The van der Waals surface area contributed by atoms with E-state index >= 15 is 0 Å². The van der Waals surface area contributed by atoms with E-state index in [4.69, 9.17) is 10.5 Å². The van der Waals surface area contributed by atoms with E-state index in [-0.39, 0.29) is 17.7 Å². The van der Waals surface area contributed by atoms with Gasteiger partial charge in [0.05, 0.1) is 28.6 Å². The minimum absolute atomic E-state index is 0.159. The summed E-state index contributed by atoms with van der Waals surface area (Å²) in [6.07, 6.45) is 0.159. The van der Waals surface area contributed by atoms with Gasteiger partial charge in [-0.25, -0.2) is 4.39 Å². The van der Waals surface area contributed by atoms with Gasteiger partial charge in [-0.15, -0.1) is 0 Å². The topological polar surface area (TPSA) is 101 Å². The highest BCUT2D eigenvalue weighted by Crippen LogP contribution is 2.24. The van der Waals surface area contributed by atoms with Crippen molar-refractivity contribution in [2.75, 3.05) is 12.0 Å². The van der Waals surface area contributed by atoms with Gasteiger partial charge in [0.25, 0.3) is 5.91 Å². The molecule has 1 aliphatic rings. The van der Waals surface area contributed by atoms with Gasteiger partial charge in [-0.1, -0.05) is 0 Å². The number of halogens is 1. The molecule has 7 heteroatoms. The van der Waals surface area contributed by atoms with E-state index in [0.717, 1.165) is 0 Å². The summed E-state index contributed by atoms with van der Waals surface area (Å²) >= 11 is 0. The summed E-state index contributed by atoms with van der Waals surface area (Å²) in [7, 11) is 0. The first-order valence-corrected chi connectivity index (χ1v) is 6.58. The minimum Gasteiger partial charge on any atom is -0.323 e. The number of rotatable bonds is 3. The Kier molecular flexibility index (Phi) is 4.09. The lowest BCUT2D eigenvalue weighted by atomic mass is 9.95. The molecule has 1 aliphatic heterocycles. The molecule has 1 aromatic rings. The highest BCUT2D eigenvalue weighted by Gasteiger charge is 2.38. The molecule has 0 bridgehead atoms. The van der Waals surface area contributed by atoms with Crippen molar-refractivity contribution in [3.63, 3.8) is 0 Å². The number of nitrogens with one attached hydrogen (secondary N) is 2. The number of carbonyl (C=O) groups is 1. The minimum atomic E-state index is -1.06. The van der Waals surface area contributed by atoms with E-state index in [1.165, 1.54) is 6.07 Å². The Morgan fingerprint density at radius 3 is 2.68 bits per heavy atom. The van der Waals surface area contributed by atoms with Crippen molar-refractivity contribution in [2.24, 2.45) is 5.10 Å². The van der Waals surface area contributed by atoms with Crippen LogP contribution in [0.1, 0.15) is 30.0 Å². The number of nitrogens with zero attached hydrogens (tertiary/aromatic N) is 3. The molecular formula is C15H14FN5O. The van der Waals surface area contributed by atoms with E-state index in [0.29, 0.717) is 16.8 Å². The number of hydrazone groups is 1. The van der Waals surface area contributed by atoms with Crippen LogP contribution in [0.25, 0.3) is 0 Å². The average molecular weight is 299 g/mol. The van der Waals surface area contributed by atoms with Crippen molar-refractivity contribution in [3.8, 4) is 12.1 Å². The van der Waals surface area contributed by atoms with Crippen LogP contribution in [0.3, 0.4) is 0 Å². The fourth-order valence-electron chi connectivity index (χ4n) is 2.18. The smallest absolute Gasteiger partial charge is 0.251 e. The van der Waals surface area contributed by atoms with Crippen LogP contribution in [0.15, 0.2) is 17.2 Å². The summed E-state index contributed by atoms with van der Waals surface area (Å²) in [6, 6.07) is 6.94. The van der Waals surface area contributed by atoms with E-state index in [9.17, 15) is 9.18 Å². The first kappa shape index (κ1) is 15.5. The van der Waals surface area contributed by atoms with Crippen LogP contribution in [0.4, 0.5) is 10.1 Å². The third kappa shape index (κ3) is 2.75. The van der Waals surface area contributed by atoms with Crippen molar-refractivity contribution < 1.29 is 9.18 Å². The molecule has 1 amide bonds. The molecule has 1 unspecified atom stereocenters. The summed E-state index contributed by atoms with van der Waals surface area (Å²) in [6.45, 7) is 2.61. The maximum atomic E-state index is 12.6. The normalized spacial score (nSPS) is 19.6. The number of anilines is 1. The second-order valence-electron chi connectivity index (χ2n) is 5.32. The van der Waals surface area contributed by atoms with Gasteiger partial charge >= 0.3 is 0 Å². The third-order valence-electron chi connectivity index (χ3n) is 3.53. The van der Waals surface area contributed by atoms with Crippen molar-refractivity contribution in [3.05, 3.63) is 28.8 Å². The number of amides is 1. The lowest BCUT2D eigenvalue weighted by molar-refractivity contribution is -0.121. The zero-order valence-corrected chi connectivity index (χ0v) is 12.2. The van der Waals surface area contributed by atoms with Crippen LogP contribution < -0.4 is 10.7 Å². The number of benzene rings is 1. The van der Waals surface area contributed by atoms with Crippen molar-refractivity contribution >= 4 is 17.3 Å². The van der Waals surface area contributed by atoms with Crippen LogP contribution in [0, 0.1) is 29.6 Å². The van der Waals surface area contributed by atoms with Crippen molar-refractivity contribution in [1.29, 1.82) is 10.5 Å². The molecule has 0 fully saturated rings. The summed E-state index contributed by atoms with van der Waals surface area (Å²) in [5.74, 6) is -0.416. The Bertz CT molecular complexity index is 744. The number of alkyl halides is 1. The SMILES string of the molecule is Cc1cc(NC(=O)C2(C)CC(CF)=NN2)c(C#N)cc1C#N. The number of hydrogen-bond acceptors (Lipinski definition) is 5. The summed E-state index contributed by atoms with van der Waals surface area (Å²) < 4.78 is 12.6. The molecule has 0 spiro atoms. The monoisotopic (exact) mass is 299 g/mol. The Hall–Kier alpha value is -2.93. The predicted molar refractivity (Wildman–Crippen MR) is 78.8 cm³/mol. The van der Waals surface area contributed by atoms with Crippen molar-refractivity contribution in [2.45, 2.75) is 25.8 Å². The largest absolute Gasteiger partial charge is 0.323 e. The molecule has 1 atom stereocenters. The maximum absolute atomic E-state index is 12.6. The summed E-state index contributed by atoms with van der Waals surface area (Å²) in [5, 5.41) is 24.6. The third-order valence-corrected chi connectivity index (χ3v) is 3.53. The molecule has 1 heterocycles. The fraction of sp³-hybridized carbons (Fsp3) is 0.333. The zero-order chi connectivity index (χ0) is 16.3. The number of carbonyl (C=O) groups excluding carboxylic acids is 1. The Morgan fingerprint density at radius 1 is 1.45 bits per heavy atom. The molecule has 1 aromatic carbocycles. The molecule has 6 nitrogen and oxygen atoms in total. The van der Waals surface area contributed by atoms with Gasteiger partial charge < -0.3 is 5.32 Å². The molecule has 2 rings (SSSR count). The van der Waals surface area contributed by atoms with Gasteiger partial charge in [-0.2, -0.15) is 15.6 Å². The second kappa shape index (κ2) is 5.82. The van der Waals surface area contributed by atoms with Crippen LogP contribution in [0.5, 0.6) is 0 Å². The van der Waals surface area contributed by atoms with E-state index < -0.39 is 18.1 Å². The van der Waals surface area contributed by atoms with Crippen LogP contribution in [0.2, 0.25) is 0 Å². The number of aryl methyl sites for hydroxylation is 1. The fourth-order valence-corrected chi connectivity index (χ4v) is 2.18. The molecule has 112 valence electrons. The number of hydrogen-bond donors (Lipinski definition) is 2. The Balaban J connectivity index is 2.25. The van der Waals surface area contributed by atoms with Gasteiger partial charge in [0.2, 0.25) is 0 Å². The second-order valence-corrected chi connectivity index (χ2v) is 5.32. The lowest BCUT2D eigenvalue weighted by Gasteiger charge is -2.23. The number of nitriles is 2. The first-order chi connectivity index (χ1) is 10.4. The standard InChI is InChI=1S/C15H14FN5O/c1-9-3-13(11(8-18)4-10(9)7-17)19-14(22)15(2)5-12(6-16)20-21-15/h3-4,21H,5-6H2,1-2H3,(H,19,22). The van der Waals surface area contributed by atoms with Gasteiger partial charge in [-0.05, 0) is 31.5 Å². The Morgan fingerprint density at radius 2 is 2.14 bits per heavy atom. The summed E-state index contributed by atoms with van der Waals surface area (Å²) in [4.78, 5) is 12.4. The molecule has 22 heavy (non-hydrogen) atoms. The molecule has 0 radical (unpaired) electrons. The zero-order valence-electron chi connectivity index (χ0n) is 12.2. The average Bonchev–Trinajstić information content (AvgIpc) is 2.90. The van der Waals surface area contributed by atoms with Gasteiger partial charge in [0.1, 0.15) is 18.3 Å². The van der Waals surface area contributed by atoms with E-state index in [2.05, 4.69) is 15.8 Å². The van der Waals surface area contributed by atoms with Gasteiger partial charge in [0, 0.05) is 6.42 Å². The Labute approximate surface area is 127 Å².